The quantitative estimate of drug-likeness (QED) is 0.789. The van der Waals surface area contributed by atoms with Crippen molar-refractivity contribution in [3.05, 3.63) is 65.0 Å². The minimum absolute atomic E-state index is 0.0355. The first-order valence-corrected chi connectivity index (χ1v) is 5.60. The summed E-state index contributed by atoms with van der Waals surface area (Å²) in [6, 6.07) is 12.7. The molecule has 0 N–H and O–H groups in total. The first-order chi connectivity index (χ1) is 9.24. The fourth-order valence-electron chi connectivity index (χ4n) is 1.62. The van der Waals surface area contributed by atoms with Crippen LogP contribution in [0.15, 0.2) is 42.5 Å². The molecule has 0 fully saturated rings. The van der Waals surface area contributed by atoms with Crippen LogP contribution in [0.25, 0.3) is 0 Å². The summed E-state index contributed by atoms with van der Waals surface area (Å²) in [4.78, 5) is 10.8. The lowest BCUT2D eigenvalue weighted by molar-refractivity contribution is 0.111. The molecule has 94 valence electrons. The van der Waals surface area contributed by atoms with Crippen LogP contribution in [0, 0.1) is 17.1 Å². The number of carbonyl (C=O) groups excluding carboxylic acids is 1. The molecule has 0 heterocycles. The van der Waals surface area contributed by atoms with Crippen molar-refractivity contribution in [3.8, 4) is 11.8 Å². The second-order valence-electron chi connectivity index (χ2n) is 3.86. The van der Waals surface area contributed by atoms with Crippen molar-refractivity contribution in [1.82, 2.24) is 0 Å². The first-order valence-electron chi connectivity index (χ1n) is 5.60. The molecular formula is C15H10FNO2. The number of rotatable bonds is 4. The molecule has 2 rings (SSSR count). The molecular weight excluding hydrogens is 245 g/mol. The second-order valence-corrected chi connectivity index (χ2v) is 3.86. The van der Waals surface area contributed by atoms with Gasteiger partial charge in [-0.3, -0.25) is 4.79 Å². The van der Waals surface area contributed by atoms with Crippen LogP contribution in [0.2, 0.25) is 0 Å². The van der Waals surface area contributed by atoms with Gasteiger partial charge in [-0.05, 0) is 30.3 Å². The third kappa shape index (κ3) is 2.96. The maximum Gasteiger partial charge on any atom is 0.153 e. The lowest BCUT2D eigenvalue weighted by atomic mass is 10.1. The summed E-state index contributed by atoms with van der Waals surface area (Å²) in [6.07, 6.45) is 0.678. The number of hydrogen-bond acceptors (Lipinski definition) is 3. The van der Waals surface area contributed by atoms with Crippen molar-refractivity contribution in [3.63, 3.8) is 0 Å². The van der Waals surface area contributed by atoms with Crippen LogP contribution in [-0.4, -0.2) is 6.29 Å². The highest BCUT2D eigenvalue weighted by Crippen LogP contribution is 2.19. The topological polar surface area (TPSA) is 50.1 Å². The van der Waals surface area contributed by atoms with E-state index in [2.05, 4.69) is 0 Å². The molecule has 0 aromatic heterocycles. The molecule has 0 aliphatic heterocycles. The van der Waals surface area contributed by atoms with E-state index in [1.807, 2.05) is 6.07 Å². The van der Waals surface area contributed by atoms with E-state index in [0.29, 0.717) is 23.2 Å². The van der Waals surface area contributed by atoms with Crippen molar-refractivity contribution in [2.45, 2.75) is 6.61 Å². The third-order valence-corrected chi connectivity index (χ3v) is 2.60. The van der Waals surface area contributed by atoms with E-state index in [-0.39, 0.29) is 12.2 Å². The molecule has 0 saturated carbocycles. The second kappa shape index (κ2) is 5.78. The minimum Gasteiger partial charge on any atom is -0.488 e. The van der Waals surface area contributed by atoms with Gasteiger partial charge in [-0.1, -0.05) is 12.1 Å². The zero-order valence-electron chi connectivity index (χ0n) is 9.97. The Morgan fingerprint density at radius 1 is 1.26 bits per heavy atom. The van der Waals surface area contributed by atoms with Crippen molar-refractivity contribution in [2.24, 2.45) is 0 Å². The number of halogens is 1. The molecule has 0 spiro atoms. The SMILES string of the molecule is N#Cc1ccc(F)c(COc2ccccc2C=O)c1. The Hall–Kier alpha value is -2.67. The number of ether oxygens (including phenoxy) is 1. The number of para-hydroxylation sites is 1. The Bertz CT molecular complexity index is 647. The number of aldehydes is 1. The molecule has 0 bridgehead atoms. The zero-order valence-corrected chi connectivity index (χ0v) is 9.97. The van der Waals surface area contributed by atoms with Crippen LogP contribution in [0.3, 0.4) is 0 Å². The van der Waals surface area contributed by atoms with Crippen LogP contribution in [-0.2, 0) is 6.61 Å². The molecule has 0 unspecified atom stereocenters. The average Bonchev–Trinajstić information content (AvgIpc) is 2.46. The first kappa shape index (κ1) is 12.8. The zero-order chi connectivity index (χ0) is 13.7. The number of benzene rings is 2. The highest BCUT2D eigenvalue weighted by molar-refractivity contribution is 5.79. The summed E-state index contributed by atoms with van der Waals surface area (Å²) in [5.74, 6) is -0.0538. The number of hydrogen-bond donors (Lipinski definition) is 0. The Morgan fingerprint density at radius 3 is 2.79 bits per heavy atom. The molecule has 0 radical (unpaired) electrons. The van der Waals surface area contributed by atoms with Crippen LogP contribution < -0.4 is 4.74 Å². The van der Waals surface area contributed by atoms with Crippen LogP contribution in [0.4, 0.5) is 4.39 Å². The molecule has 0 aliphatic carbocycles. The highest BCUT2D eigenvalue weighted by Gasteiger charge is 2.06. The normalized spacial score (nSPS) is 9.68. The van der Waals surface area contributed by atoms with Crippen molar-refractivity contribution in [2.75, 3.05) is 0 Å². The summed E-state index contributed by atoms with van der Waals surface area (Å²) in [6.45, 7) is -0.0355. The van der Waals surface area contributed by atoms with Gasteiger partial charge in [0.15, 0.2) is 6.29 Å². The Labute approximate surface area is 109 Å². The van der Waals surface area contributed by atoms with Gasteiger partial charge in [-0.15, -0.1) is 0 Å². The number of nitrogens with zero attached hydrogens (tertiary/aromatic N) is 1. The molecule has 4 heteroatoms. The average molecular weight is 255 g/mol. The van der Waals surface area contributed by atoms with Gasteiger partial charge in [0.25, 0.3) is 0 Å². The molecule has 2 aromatic rings. The fraction of sp³-hybridized carbons (Fsp3) is 0.0667. The van der Waals surface area contributed by atoms with Gasteiger partial charge in [0.2, 0.25) is 0 Å². The van der Waals surface area contributed by atoms with Crippen LogP contribution in [0.5, 0.6) is 5.75 Å². The standard InChI is InChI=1S/C15H10FNO2/c16-14-6-5-11(8-17)7-13(14)10-19-15-4-2-1-3-12(15)9-18/h1-7,9H,10H2. The van der Waals surface area contributed by atoms with E-state index in [9.17, 15) is 9.18 Å². The Balaban J connectivity index is 2.19. The van der Waals surface area contributed by atoms with Crippen molar-refractivity contribution in [1.29, 1.82) is 5.26 Å². The maximum absolute atomic E-state index is 13.5. The van der Waals surface area contributed by atoms with Crippen LogP contribution in [0.1, 0.15) is 21.5 Å². The molecule has 0 amide bonds. The van der Waals surface area contributed by atoms with Crippen molar-refractivity contribution >= 4 is 6.29 Å². The Kier molecular flexibility index (Phi) is 3.89. The van der Waals surface area contributed by atoms with Crippen molar-refractivity contribution < 1.29 is 13.9 Å². The van der Waals surface area contributed by atoms with Gasteiger partial charge in [-0.2, -0.15) is 5.26 Å². The fourth-order valence-corrected chi connectivity index (χ4v) is 1.62. The summed E-state index contributed by atoms with van der Waals surface area (Å²) < 4.78 is 18.9. The van der Waals surface area contributed by atoms with Gasteiger partial charge in [0, 0.05) is 5.56 Å². The van der Waals surface area contributed by atoms with E-state index >= 15 is 0 Å². The molecule has 0 atom stereocenters. The molecule has 19 heavy (non-hydrogen) atoms. The number of carbonyl (C=O) groups is 1. The minimum atomic E-state index is -0.442. The van der Waals surface area contributed by atoms with E-state index in [1.165, 1.54) is 18.2 Å². The van der Waals surface area contributed by atoms with E-state index in [4.69, 9.17) is 10.00 Å². The highest BCUT2D eigenvalue weighted by atomic mass is 19.1. The lowest BCUT2D eigenvalue weighted by Gasteiger charge is -2.09. The van der Waals surface area contributed by atoms with Gasteiger partial charge in [0.05, 0.1) is 17.2 Å². The van der Waals surface area contributed by atoms with E-state index < -0.39 is 5.82 Å². The summed E-state index contributed by atoms with van der Waals surface area (Å²) in [7, 11) is 0. The molecule has 3 nitrogen and oxygen atoms in total. The predicted octanol–water partition coefficient (Wildman–Crippen LogP) is 3.09. The third-order valence-electron chi connectivity index (χ3n) is 2.60. The molecule has 2 aromatic carbocycles. The summed E-state index contributed by atoms with van der Waals surface area (Å²) in [5.41, 5.74) is 1.04. The Morgan fingerprint density at radius 2 is 2.05 bits per heavy atom. The maximum atomic E-state index is 13.5. The van der Waals surface area contributed by atoms with Crippen LogP contribution >= 0.6 is 0 Å². The monoisotopic (exact) mass is 255 g/mol. The summed E-state index contributed by atoms with van der Waals surface area (Å²) in [5, 5.41) is 8.76. The van der Waals surface area contributed by atoms with Gasteiger partial charge >= 0.3 is 0 Å². The smallest absolute Gasteiger partial charge is 0.153 e. The number of nitriles is 1. The lowest BCUT2D eigenvalue weighted by Crippen LogP contribution is -2.01. The van der Waals surface area contributed by atoms with E-state index in [0.717, 1.165) is 0 Å². The van der Waals surface area contributed by atoms with Gasteiger partial charge < -0.3 is 4.74 Å². The molecule has 0 saturated heterocycles. The van der Waals surface area contributed by atoms with E-state index in [1.54, 1.807) is 24.3 Å². The molecule has 0 aliphatic rings. The van der Waals surface area contributed by atoms with Gasteiger partial charge in [0.1, 0.15) is 18.2 Å². The summed E-state index contributed by atoms with van der Waals surface area (Å²) >= 11 is 0. The van der Waals surface area contributed by atoms with Gasteiger partial charge in [-0.25, -0.2) is 4.39 Å². The predicted molar refractivity (Wildman–Crippen MR) is 67.3 cm³/mol. The largest absolute Gasteiger partial charge is 0.488 e.